The fraction of sp³-hybridized carbons (Fsp3) is 0.536. The molecule has 4 rings (SSSR count). The summed E-state index contributed by atoms with van der Waals surface area (Å²) in [5, 5.41) is 3.39. The Kier molecular flexibility index (Phi) is 8.28. The Labute approximate surface area is 231 Å². The van der Waals surface area contributed by atoms with Gasteiger partial charge < -0.3 is 29.0 Å². The molecule has 0 amide bonds. The number of esters is 2. The Morgan fingerprint density at radius 3 is 2.33 bits per heavy atom. The zero-order valence-corrected chi connectivity index (χ0v) is 23.9. The first-order valence-corrected chi connectivity index (χ1v) is 13.4. The second-order valence-corrected chi connectivity index (χ2v) is 11.2. The number of rotatable bonds is 7. The Balaban J connectivity index is 1.71. The summed E-state index contributed by atoms with van der Waals surface area (Å²) in [6, 6.07) is 0.458. The van der Waals surface area contributed by atoms with E-state index in [1.165, 1.54) is 26.5 Å². The lowest BCUT2D eigenvalue weighted by Crippen LogP contribution is -2.41. The van der Waals surface area contributed by atoms with Crippen LogP contribution >= 0.6 is 11.6 Å². The summed E-state index contributed by atoms with van der Waals surface area (Å²) in [5.41, 5.74) is 0.188. The molecule has 1 aliphatic heterocycles. The van der Waals surface area contributed by atoms with Crippen LogP contribution < -0.4 is 20.4 Å². The highest BCUT2D eigenvalue weighted by Crippen LogP contribution is 2.44. The van der Waals surface area contributed by atoms with Crippen molar-refractivity contribution in [3.63, 3.8) is 0 Å². The zero-order chi connectivity index (χ0) is 28.6. The molecule has 2 aromatic rings. The number of hydrogen-bond acceptors (Lipinski definition) is 8. The third-order valence-corrected chi connectivity index (χ3v) is 7.44. The number of pyridine rings is 1. The standard InChI is InChI=1S/C28H35ClFN3O6/c1-28(2,3)39-27(36)21(31-4)20(29)15-9-11-32(12-10-15)23-19(30)13-17-22(25(23)37-5)33(16-7-8-16)14-18(24(17)34)26(35)38-6/h13-14,16,21,31H,7-12H2,1-6H3. The van der Waals surface area contributed by atoms with Crippen molar-refractivity contribution in [2.75, 3.05) is 39.3 Å². The smallest absolute Gasteiger partial charge is 0.343 e. The number of benzene rings is 1. The fourth-order valence-corrected chi connectivity index (χ4v) is 5.37. The van der Waals surface area contributed by atoms with Gasteiger partial charge in [-0.3, -0.25) is 4.79 Å². The van der Waals surface area contributed by atoms with Crippen LogP contribution in [0.5, 0.6) is 5.75 Å². The molecule has 0 spiro atoms. The van der Waals surface area contributed by atoms with Crippen molar-refractivity contribution in [1.29, 1.82) is 0 Å². The van der Waals surface area contributed by atoms with Gasteiger partial charge in [-0.1, -0.05) is 11.6 Å². The number of aromatic nitrogens is 1. The first-order chi connectivity index (χ1) is 18.4. The number of piperidine rings is 1. The van der Waals surface area contributed by atoms with E-state index in [9.17, 15) is 14.4 Å². The number of nitrogens with zero attached hydrogens (tertiary/aromatic N) is 2. The first-order valence-electron chi connectivity index (χ1n) is 13.0. The third kappa shape index (κ3) is 5.77. The van der Waals surface area contributed by atoms with Crippen LogP contribution in [0.1, 0.15) is 62.9 Å². The number of hydrogen-bond donors (Lipinski definition) is 1. The summed E-state index contributed by atoms with van der Waals surface area (Å²) >= 11 is 6.67. The van der Waals surface area contributed by atoms with Gasteiger partial charge in [0.25, 0.3) is 0 Å². The molecular weight excluding hydrogens is 529 g/mol. The van der Waals surface area contributed by atoms with Crippen molar-refractivity contribution < 1.29 is 28.2 Å². The van der Waals surface area contributed by atoms with Gasteiger partial charge in [0.2, 0.25) is 5.43 Å². The number of ether oxygens (including phenoxy) is 3. The van der Waals surface area contributed by atoms with Gasteiger partial charge in [0, 0.05) is 30.4 Å². The monoisotopic (exact) mass is 563 g/mol. The molecule has 1 aromatic carbocycles. The molecule has 11 heteroatoms. The highest BCUT2D eigenvalue weighted by Gasteiger charge is 2.33. The molecule has 1 aromatic heterocycles. The van der Waals surface area contributed by atoms with E-state index >= 15 is 4.39 Å². The van der Waals surface area contributed by atoms with Crippen molar-refractivity contribution in [3.05, 3.63) is 44.5 Å². The van der Waals surface area contributed by atoms with Gasteiger partial charge in [0.15, 0.2) is 11.6 Å². The number of carbonyl (C=O) groups excluding carboxylic acids is 2. The number of nitrogens with one attached hydrogen (secondary N) is 1. The van der Waals surface area contributed by atoms with Crippen LogP contribution in [0.25, 0.3) is 10.9 Å². The van der Waals surface area contributed by atoms with Gasteiger partial charge in [-0.05, 0) is 65.1 Å². The average Bonchev–Trinajstić information content (AvgIpc) is 3.73. The molecule has 212 valence electrons. The molecule has 1 saturated carbocycles. The van der Waals surface area contributed by atoms with Crippen molar-refractivity contribution >= 4 is 40.1 Å². The van der Waals surface area contributed by atoms with Crippen molar-refractivity contribution in [2.24, 2.45) is 0 Å². The normalized spacial score (nSPS) is 16.7. The molecule has 2 heterocycles. The quantitative estimate of drug-likeness (QED) is 0.498. The molecule has 0 radical (unpaired) electrons. The Morgan fingerprint density at radius 2 is 1.82 bits per heavy atom. The molecule has 9 nitrogen and oxygen atoms in total. The van der Waals surface area contributed by atoms with E-state index in [0.717, 1.165) is 18.4 Å². The molecule has 0 bridgehead atoms. The second kappa shape index (κ2) is 11.2. The summed E-state index contributed by atoms with van der Waals surface area (Å²) in [5.74, 6) is -1.61. The lowest BCUT2D eigenvalue weighted by molar-refractivity contribution is -0.156. The summed E-state index contributed by atoms with van der Waals surface area (Å²) in [4.78, 5) is 40.0. The van der Waals surface area contributed by atoms with Crippen LogP contribution in [-0.4, -0.2) is 62.5 Å². The van der Waals surface area contributed by atoms with E-state index < -0.39 is 34.8 Å². The van der Waals surface area contributed by atoms with Gasteiger partial charge in [0.1, 0.15) is 22.9 Å². The fourth-order valence-electron chi connectivity index (χ4n) is 4.98. The second-order valence-electron chi connectivity index (χ2n) is 10.8. The third-order valence-electron chi connectivity index (χ3n) is 6.95. The highest BCUT2D eigenvalue weighted by atomic mass is 35.5. The number of fused-ring (bicyclic) bond motifs is 1. The van der Waals surface area contributed by atoms with Crippen LogP contribution in [0.2, 0.25) is 0 Å². The summed E-state index contributed by atoms with van der Waals surface area (Å²) < 4.78 is 33.6. The summed E-state index contributed by atoms with van der Waals surface area (Å²) in [7, 11) is 4.29. The molecule has 1 atom stereocenters. The highest BCUT2D eigenvalue weighted by molar-refractivity contribution is 6.32. The lowest BCUT2D eigenvalue weighted by Gasteiger charge is -2.33. The molecule has 1 saturated heterocycles. The van der Waals surface area contributed by atoms with E-state index in [0.29, 0.717) is 36.5 Å². The van der Waals surface area contributed by atoms with Gasteiger partial charge in [0.05, 0.1) is 25.1 Å². The maximum Gasteiger partial charge on any atom is 0.343 e. The van der Waals surface area contributed by atoms with Gasteiger partial charge in [-0.15, -0.1) is 0 Å². The topological polar surface area (TPSA) is 99.1 Å². The minimum atomic E-state index is -0.795. The van der Waals surface area contributed by atoms with E-state index in [1.54, 1.807) is 27.8 Å². The molecule has 1 unspecified atom stereocenters. The van der Waals surface area contributed by atoms with Crippen LogP contribution in [0.15, 0.2) is 27.7 Å². The number of carbonyl (C=O) groups is 2. The van der Waals surface area contributed by atoms with Gasteiger partial charge >= 0.3 is 11.9 Å². The lowest BCUT2D eigenvalue weighted by atomic mass is 9.99. The molecule has 1 N–H and O–H groups in total. The Hall–Kier alpha value is -3.11. The van der Waals surface area contributed by atoms with E-state index in [1.807, 2.05) is 9.47 Å². The molecule has 39 heavy (non-hydrogen) atoms. The minimum Gasteiger partial charge on any atom is -0.492 e. The average molecular weight is 564 g/mol. The molecule has 2 fully saturated rings. The maximum absolute atomic E-state index is 15.7. The molecule has 1 aliphatic carbocycles. The zero-order valence-electron chi connectivity index (χ0n) is 23.2. The molecular formula is C28H35ClFN3O6. The van der Waals surface area contributed by atoms with Crippen molar-refractivity contribution in [2.45, 2.75) is 64.1 Å². The van der Waals surface area contributed by atoms with E-state index in [2.05, 4.69) is 5.32 Å². The maximum atomic E-state index is 15.7. The minimum absolute atomic E-state index is 0.0674. The predicted molar refractivity (Wildman–Crippen MR) is 147 cm³/mol. The van der Waals surface area contributed by atoms with Crippen LogP contribution in [0.4, 0.5) is 10.1 Å². The van der Waals surface area contributed by atoms with Crippen LogP contribution in [0, 0.1) is 5.82 Å². The number of anilines is 1. The van der Waals surface area contributed by atoms with Crippen molar-refractivity contribution in [3.8, 4) is 5.75 Å². The summed E-state index contributed by atoms with van der Waals surface area (Å²) in [6.45, 7) is 6.22. The van der Waals surface area contributed by atoms with Crippen molar-refractivity contribution in [1.82, 2.24) is 9.88 Å². The number of halogens is 2. The van der Waals surface area contributed by atoms with E-state index in [4.69, 9.17) is 25.8 Å². The molecule has 2 aliphatic rings. The van der Waals surface area contributed by atoms with Crippen LogP contribution in [-0.2, 0) is 14.3 Å². The number of likely N-dealkylation sites (N-methyl/N-ethyl adjacent to an activating group) is 1. The predicted octanol–water partition coefficient (Wildman–Crippen LogP) is 4.29. The van der Waals surface area contributed by atoms with E-state index in [-0.39, 0.29) is 28.4 Å². The van der Waals surface area contributed by atoms with Gasteiger partial charge in [-0.2, -0.15) is 0 Å². The van der Waals surface area contributed by atoms with Gasteiger partial charge in [-0.25, -0.2) is 14.0 Å². The largest absolute Gasteiger partial charge is 0.492 e. The first kappa shape index (κ1) is 28.9. The Bertz CT molecular complexity index is 1380. The van der Waals surface area contributed by atoms with Crippen LogP contribution in [0.3, 0.4) is 0 Å². The number of methoxy groups -OCH3 is 2. The Morgan fingerprint density at radius 1 is 1.18 bits per heavy atom. The summed E-state index contributed by atoms with van der Waals surface area (Å²) in [6.07, 6.45) is 4.22. The SMILES string of the molecule is CNC(C(=O)OC(C)(C)C)C(Cl)=C1CCN(c2c(F)cc3c(=O)c(C(=O)OC)cn(C4CC4)c3c2OC)CC1.